The van der Waals surface area contributed by atoms with Crippen molar-refractivity contribution in [2.45, 2.75) is 21.7 Å². The third-order valence-corrected chi connectivity index (χ3v) is 4.23. The van der Waals surface area contributed by atoms with E-state index in [9.17, 15) is 30.4 Å². The van der Waals surface area contributed by atoms with Crippen molar-refractivity contribution in [2.75, 3.05) is 0 Å². The molecule has 1 rings (SSSR count). The van der Waals surface area contributed by atoms with Crippen molar-refractivity contribution >= 4 is 31.5 Å². The fraction of sp³-hybridized carbons (Fsp3) is 0.222. The summed E-state index contributed by atoms with van der Waals surface area (Å²) in [5.74, 6) is 0. The van der Waals surface area contributed by atoms with Crippen molar-refractivity contribution in [1.82, 2.24) is 0 Å². The van der Waals surface area contributed by atoms with E-state index in [1.807, 2.05) is 0 Å². The first-order valence-corrected chi connectivity index (χ1v) is 7.65. The Balaban J connectivity index is 3.71. The first-order chi connectivity index (χ1) is 8.95. The molecule has 0 aromatic heterocycles. The van der Waals surface area contributed by atoms with Gasteiger partial charge < -0.3 is 0 Å². The van der Waals surface area contributed by atoms with Gasteiger partial charge >= 0.3 is 5.51 Å². The van der Waals surface area contributed by atoms with Crippen molar-refractivity contribution in [3.8, 4) is 6.07 Å². The molecule has 0 unspecified atom stereocenters. The maximum atomic E-state index is 12.8. The molecule has 0 atom stereocenters. The molecule has 20 heavy (non-hydrogen) atoms. The average Bonchev–Trinajstić information content (AvgIpc) is 2.23. The first-order valence-electron chi connectivity index (χ1n) is 4.52. The van der Waals surface area contributed by atoms with Crippen LogP contribution in [-0.4, -0.2) is 13.9 Å². The Kier molecular flexibility index (Phi) is 4.89. The zero-order valence-electron chi connectivity index (χ0n) is 9.08. The van der Waals surface area contributed by atoms with Gasteiger partial charge in [0.2, 0.25) is 0 Å². The molecule has 0 saturated heterocycles. The smallest absolute Gasteiger partial charge is 0.207 e. The normalized spacial score (nSPS) is 12.5. The summed E-state index contributed by atoms with van der Waals surface area (Å²) < 4.78 is 85.0. The Hall–Kier alpha value is -1.05. The predicted molar refractivity (Wildman–Crippen MR) is 61.1 cm³/mol. The van der Waals surface area contributed by atoms with E-state index in [0.29, 0.717) is 12.1 Å². The summed E-state index contributed by atoms with van der Waals surface area (Å²) in [5, 5.41) is 8.59. The van der Waals surface area contributed by atoms with Crippen molar-refractivity contribution in [3.05, 3.63) is 23.3 Å². The molecule has 3 nitrogen and oxygen atoms in total. The van der Waals surface area contributed by atoms with E-state index >= 15 is 0 Å². The SMILES string of the molecule is N#Cc1cc(SC(F)(F)F)c(S(=O)(=O)Cl)c(C(F)F)c1. The molecular formula is C9H3ClF5NO2S2. The van der Waals surface area contributed by atoms with Crippen LogP contribution in [-0.2, 0) is 9.05 Å². The molecule has 1 aromatic carbocycles. The summed E-state index contributed by atoms with van der Waals surface area (Å²) in [6, 6.07) is 2.40. The van der Waals surface area contributed by atoms with Crippen LogP contribution < -0.4 is 0 Å². The fourth-order valence-electron chi connectivity index (χ4n) is 1.31. The van der Waals surface area contributed by atoms with E-state index in [0.717, 1.165) is 0 Å². The van der Waals surface area contributed by atoms with Crippen LogP contribution >= 0.6 is 22.4 Å². The highest BCUT2D eigenvalue weighted by atomic mass is 35.7. The van der Waals surface area contributed by atoms with Gasteiger partial charge in [-0.3, -0.25) is 0 Å². The van der Waals surface area contributed by atoms with Gasteiger partial charge in [-0.05, 0) is 23.9 Å². The van der Waals surface area contributed by atoms with Crippen molar-refractivity contribution in [3.63, 3.8) is 0 Å². The molecule has 0 fully saturated rings. The molecule has 0 aliphatic rings. The van der Waals surface area contributed by atoms with Gasteiger partial charge in [0.1, 0.15) is 4.90 Å². The molecule has 0 heterocycles. The maximum Gasteiger partial charge on any atom is 0.446 e. The molecule has 0 aliphatic heterocycles. The lowest BCUT2D eigenvalue weighted by molar-refractivity contribution is -0.0329. The summed E-state index contributed by atoms with van der Waals surface area (Å²) in [4.78, 5) is -2.41. The van der Waals surface area contributed by atoms with Gasteiger partial charge in [-0.15, -0.1) is 0 Å². The molecule has 0 amide bonds. The fourth-order valence-corrected chi connectivity index (χ4v) is 3.79. The van der Waals surface area contributed by atoms with Gasteiger partial charge in [-0.2, -0.15) is 18.4 Å². The monoisotopic (exact) mass is 351 g/mol. The number of alkyl halides is 5. The number of hydrogen-bond acceptors (Lipinski definition) is 4. The van der Waals surface area contributed by atoms with Crippen LogP contribution in [0.2, 0.25) is 0 Å². The van der Waals surface area contributed by atoms with Crippen molar-refractivity contribution in [1.29, 1.82) is 5.26 Å². The van der Waals surface area contributed by atoms with Gasteiger partial charge in [-0.1, -0.05) is 0 Å². The van der Waals surface area contributed by atoms with Crippen LogP contribution in [0.3, 0.4) is 0 Å². The number of benzene rings is 1. The largest absolute Gasteiger partial charge is 0.446 e. The Morgan fingerprint density at radius 3 is 2.20 bits per heavy atom. The van der Waals surface area contributed by atoms with E-state index in [1.165, 1.54) is 6.07 Å². The summed E-state index contributed by atoms with van der Waals surface area (Å²) in [6.45, 7) is 0. The number of nitrogens with zero attached hydrogens (tertiary/aromatic N) is 1. The lowest BCUT2D eigenvalue weighted by atomic mass is 10.1. The van der Waals surface area contributed by atoms with Crippen molar-refractivity contribution in [2.24, 2.45) is 0 Å². The Morgan fingerprint density at radius 2 is 1.85 bits per heavy atom. The molecule has 0 N–H and O–H groups in total. The summed E-state index contributed by atoms with van der Waals surface area (Å²) in [7, 11) is 0.0681. The highest BCUT2D eigenvalue weighted by Crippen LogP contribution is 2.44. The molecule has 110 valence electrons. The second kappa shape index (κ2) is 5.75. The minimum atomic E-state index is -4.93. The van der Waals surface area contributed by atoms with E-state index in [-0.39, 0.29) is 0 Å². The lowest BCUT2D eigenvalue weighted by Gasteiger charge is -2.13. The molecule has 0 saturated carbocycles. The number of nitriles is 1. The van der Waals surface area contributed by atoms with Crippen LogP contribution in [0.1, 0.15) is 17.6 Å². The minimum absolute atomic E-state index is 0.486. The standard InChI is InChI=1S/C9H3ClF5NO2S2/c10-20(17,18)7-5(8(11)12)1-4(3-16)2-6(7)19-9(13,14)15/h1-2,8H. The van der Waals surface area contributed by atoms with Crippen LogP contribution in [0, 0.1) is 11.3 Å². The van der Waals surface area contributed by atoms with Gasteiger partial charge in [0.25, 0.3) is 15.5 Å². The Labute approximate surface area is 118 Å². The molecular weight excluding hydrogens is 349 g/mol. The third kappa shape index (κ3) is 4.22. The highest BCUT2D eigenvalue weighted by Gasteiger charge is 2.35. The Morgan fingerprint density at radius 1 is 1.30 bits per heavy atom. The van der Waals surface area contributed by atoms with Gasteiger partial charge in [-0.25, -0.2) is 17.2 Å². The summed E-state index contributed by atoms with van der Waals surface area (Å²) >= 11 is -0.933. The van der Waals surface area contributed by atoms with E-state index in [4.69, 9.17) is 15.9 Å². The average molecular weight is 352 g/mol. The zero-order valence-corrected chi connectivity index (χ0v) is 11.5. The number of thioether (sulfide) groups is 1. The van der Waals surface area contributed by atoms with Gasteiger partial charge in [0, 0.05) is 21.1 Å². The maximum absolute atomic E-state index is 12.8. The number of hydrogen-bond donors (Lipinski definition) is 0. The minimum Gasteiger partial charge on any atom is -0.207 e. The first kappa shape index (κ1) is 17.0. The zero-order chi connectivity index (χ0) is 15.7. The molecule has 0 spiro atoms. The lowest BCUT2D eigenvalue weighted by Crippen LogP contribution is -2.06. The van der Waals surface area contributed by atoms with Crippen LogP contribution in [0.5, 0.6) is 0 Å². The summed E-state index contributed by atoms with van der Waals surface area (Å²) in [6.07, 6.45) is -3.40. The van der Waals surface area contributed by atoms with E-state index in [1.54, 1.807) is 0 Å². The number of halogens is 6. The number of rotatable bonds is 3. The van der Waals surface area contributed by atoms with Crippen LogP contribution in [0.4, 0.5) is 22.0 Å². The topological polar surface area (TPSA) is 57.9 Å². The van der Waals surface area contributed by atoms with E-state index < -0.39 is 53.7 Å². The van der Waals surface area contributed by atoms with Gasteiger partial charge in [0.15, 0.2) is 0 Å². The third-order valence-electron chi connectivity index (χ3n) is 1.92. The van der Waals surface area contributed by atoms with Gasteiger partial charge in [0.05, 0.1) is 11.6 Å². The predicted octanol–water partition coefficient (Wildman–Crippen LogP) is 4.04. The van der Waals surface area contributed by atoms with E-state index in [2.05, 4.69) is 0 Å². The molecule has 0 bridgehead atoms. The van der Waals surface area contributed by atoms with Crippen molar-refractivity contribution < 1.29 is 30.4 Å². The van der Waals surface area contributed by atoms with Crippen LogP contribution in [0.15, 0.2) is 21.9 Å². The summed E-state index contributed by atoms with van der Waals surface area (Å²) in [5.41, 5.74) is -6.70. The van der Waals surface area contributed by atoms with Crippen LogP contribution in [0.25, 0.3) is 0 Å². The molecule has 0 radical (unpaired) electrons. The molecule has 11 heteroatoms. The highest BCUT2D eigenvalue weighted by molar-refractivity contribution is 8.14. The quantitative estimate of drug-likeness (QED) is 0.468. The second-order valence-corrected chi connectivity index (χ2v) is 6.90. The molecule has 0 aliphatic carbocycles. The molecule has 1 aromatic rings. The Bertz CT molecular complexity index is 666. The second-order valence-electron chi connectivity index (χ2n) is 3.29.